The molecule has 0 aliphatic carbocycles. The van der Waals surface area contributed by atoms with E-state index in [0.29, 0.717) is 18.8 Å². The number of aliphatic hydroxyl groups excluding tert-OH is 1. The van der Waals surface area contributed by atoms with E-state index in [9.17, 15) is 15.3 Å². The molecule has 6 heteroatoms. The van der Waals surface area contributed by atoms with Crippen LogP contribution in [0, 0.1) is 0 Å². The molecule has 0 unspecified atom stereocenters. The molecule has 118 valence electrons. The van der Waals surface area contributed by atoms with Gasteiger partial charge >= 0.3 is 0 Å². The fraction of sp³-hybridized carbons (Fsp3) is 0.250. The van der Waals surface area contributed by atoms with Crippen molar-refractivity contribution in [1.82, 2.24) is 5.32 Å². The molecule has 0 aliphatic rings. The van der Waals surface area contributed by atoms with Crippen molar-refractivity contribution < 1.29 is 20.1 Å². The van der Waals surface area contributed by atoms with E-state index in [2.05, 4.69) is 21.2 Å². The maximum absolute atomic E-state index is 10.1. The van der Waals surface area contributed by atoms with Gasteiger partial charge in [-0.25, -0.2) is 0 Å². The Morgan fingerprint density at radius 3 is 2.50 bits per heavy atom. The van der Waals surface area contributed by atoms with Crippen LogP contribution in [0.1, 0.15) is 17.2 Å². The highest BCUT2D eigenvalue weighted by molar-refractivity contribution is 9.10. The van der Waals surface area contributed by atoms with Gasteiger partial charge in [0.05, 0.1) is 13.2 Å². The molecule has 5 nitrogen and oxygen atoms in total. The molecule has 22 heavy (non-hydrogen) atoms. The molecule has 0 radical (unpaired) electrons. The number of hydrogen-bond acceptors (Lipinski definition) is 5. The molecule has 2 rings (SSSR count). The van der Waals surface area contributed by atoms with Gasteiger partial charge < -0.3 is 25.4 Å². The molecular formula is C16H18BrNO4. The van der Waals surface area contributed by atoms with E-state index in [1.165, 1.54) is 19.2 Å². The number of halogens is 1. The van der Waals surface area contributed by atoms with Crippen LogP contribution in [-0.2, 0) is 6.54 Å². The molecule has 0 heterocycles. The van der Waals surface area contributed by atoms with Gasteiger partial charge in [0.1, 0.15) is 5.75 Å². The van der Waals surface area contributed by atoms with Crippen molar-refractivity contribution in [2.24, 2.45) is 0 Å². The predicted octanol–water partition coefficient (Wildman–Crippen LogP) is 2.69. The van der Waals surface area contributed by atoms with Crippen LogP contribution in [0.5, 0.6) is 17.2 Å². The number of hydrogen-bond donors (Lipinski definition) is 4. The monoisotopic (exact) mass is 367 g/mol. The van der Waals surface area contributed by atoms with Crippen LogP contribution in [0.15, 0.2) is 40.9 Å². The largest absolute Gasteiger partial charge is 0.508 e. The summed E-state index contributed by atoms with van der Waals surface area (Å²) in [5, 5.41) is 32.2. The Morgan fingerprint density at radius 1 is 1.18 bits per heavy atom. The molecule has 0 fully saturated rings. The summed E-state index contributed by atoms with van der Waals surface area (Å²) in [5.41, 5.74) is 1.58. The van der Waals surface area contributed by atoms with Gasteiger partial charge in [0.2, 0.25) is 0 Å². The van der Waals surface area contributed by atoms with Crippen molar-refractivity contribution >= 4 is 15.9 Å². The predicted molar refractivity (Wildman–Crippen MR) is 87.1 cm³/mol. The minimum Gasteiger partial charge on any atom is -0.508 e. The minimum absolute atomic E-state index is 0.0709. The van der Waals surface area contributed by atoms with Crippen molar-refractivity contribution in [1.29, 1.82) is 0 Å². The fourth-order valence-electron chi connectivity index (χ4n) is 2.04. The number of phenols is 2. The van der Waals surface area contributed by atoms with E-state index < -0.39 is 6.10 Å². The molecule has 1 atom stereocenters. The minimum atomic E-state index is -0.675. The number of aliphatic hydroxyl groups is 1. The number of benzene rings is 2. The highest BCUT2D eigenvalue weighted by Gasteiger charge is 2.10. The molecule has 0 saturated heterocycles. The van der Waals surface area contributed by atoms with Gasteiger partial charge in [-0.2, -0.15) is 0 Å². The molecule has 0 aromatic heterocycles. The maximum Gasteiger partial charge on any atom is 0.161 e. The Labute approximate surface area is 137 Å². The lowest BCUT2D eigenvalue weighted by atomic mass is 10.1. The Morgan fingerprint density at radius 2 is 1.86 bits per heavy atom. The third kappa shape index (κ3) is 4.13. The van der Waals surface area contributed by atoms with Crippen molar-refractivity contribution in [3.05, 3.63) is 52.0 Å². The zero-order valence-electron chi connectivity index (χ0n) is 12.1. The Balaban J connectivity index is 1.93. The molecule has 2 aromatic carbocycles. The van der Waals surface area contributed by atoms with Gasteiger partial charge in [-0.05, 0) is 35.4 Å². The van der Waals surface area contributed by atoms with Crippen molar-refractivity contribution in [2.75, 3.05) is 13.7 Å². The number of phenolic OH excluding ortho intramolecular Hbond substituents is 2. The first-order valence-electron chi connectivity index (χ1n) is 6.74. The topological polar surface area (TPSA) is 82.0 Å². The normalized spacial score (nSPS) is 12.1. The summed E-state index contributed by atoms with van der Waals surface area (Å²) in [7, 11) is 1.49. The first kappa shape index (κ1) is 16.6. The Bertz CT molecular complexity index is 631. The average Bonchev–Trinajstić information content (AvgIpc) is 2.50. The van der Waals surface area contributed by atoms with Crippen LogP contribution in [0.4, 0.5) is 0 Å². The van der Waals surface area contributed by atoms with Crippen molar-refractivity contribution in [3.63, 3.8) is 0 Å². The van der Waals surface area contributed by atoms with E-state index in [-0.39, 0.29) is 11.5 Å². The molecular weight excluding hydrogens is 350 g/mol. The van der Waals surface area contributed by atoms with Gasteiger partial charge in [0, 0.05) is 17.6 Å². The molecule has 0 spiro atoms. The second-order valence-electron chi connectivity index (χ2n) is 4.85. The van der Waals surface area contributed by atoms with Crippen molar-refractivity contribution in [3.8, 4) is 17.2 Å². The van der Waals surface area contributed by atoms with Crippen LogP contribution >= 0.6 is 15.9 Å². The van der Waals surface area contributed by atoms with Gasteiger partial charge in [-0.1, -0.05) is 28.1 Å². The molecule has 4 N–H and O–H groups in total. The Hall–Kier alpha value is -1.76. The van der Waals surface area contributed by atoms with Gasteiger partial charge in [-0.3, -0.25) is 0 Å². The van der Waals surface area contributed by atoms with Crippen molar-refractivity contribution in [2.45, 2.75) is 12.6 Å². The standard InChI is InChI=1S/C16H18BrNO4/c1-22-16-7-13(17)11(6-14(16)20)8-18-9-15(21)10-2-4-12(19)5-3-10/h2-7,15,18-21H,8-9H2,1H3/t15-/m1/s1. The van der Waals surface area contributed by atoms with E-state index in [1.807, 2.05) is 0 Å². The lowest BCUT2D eigenvalue weighted by Gasteiger charge is -2.14. The average molecular weight is 368 g/mol. The number of nitrogens with one attached hydrogen (secondary N) is 1. The van der Waals surface area contributed by atoms with Crippen LogP contribution < -0.4 is 10.1 Å². The van der Waals surface area contributed by atoms with E-state index in [1.54, 1.807) is 24.3 Å². The van der Waals surface area contributed by atoms with E-state index >= 15 is 0 Å². The molecule has 0 saturated carbocycles. The fourth-order valence-corrected chi connectivity index (χ4v) is 2.51. The van der Waals surface area contributed by atoms with Gasteiger partial charge in [0.15, 0.2) is 11.5 Å². The maximum atomic E-state index is 10.1. The number of methoxy groups -OCH3 is 1. The lowest BCUT2D eigenvalue weighted by Crippen LogP contribution is -2.21. The highest BCUT2D eigenvalue weighted by Crippen LogP contribution is 2.32. The van der Waals surface area contributed by atoms with E-state index in [0.717, 1.165) is 15.6 Å². The first-order valence-corrected chi connectivity index (χ1v) is 7.53. The van der Waals surface area contributed by atoms with Crippen LogP contribution in [0.25, 0.3) is 0 Å². The molecule has 2 aromatic rings. The van der Waals surface area contributed by atoms with Crippen LogP contribution in [0.3, 0.4) is 0 Å². The number of rotatable bonds is 6. The number of ether oxygens (including phenoxy) is 1. The summed E-state index contributed by atoms with van der Waals surface area (Å²) in [6.45, 7) is 0.831. The summed E-state index contributed by atoms with van der Waals surface area (Å²) in [5.74, 6) is 0.642. The number of aromatic hydroxyl groups is 2. The van der Waals surface area contributed by atoms with Crippen LogP contribution in [-0.4, -0.2) is 29.0 Å². The van der Waals surface area contributed by atoms with E-state index in [4.69, 9.17) is 4.74 Å². The zero-order valence-corrected chi connectivity index (χ0v) is 13.7. The summed E-state index contributed by atoms with van der Waals surface area (Å²) >= 11 is 3.42. The summed E-state index contributed by atoms with van der Waals surface area (Å²) in [4.78, 5) is 0. The third-order valence-electron chi connectivity index (χ3n) is 3.28. The molecule has 0 aliphatic heterocycles. The van der Waals surface area contributed by atoms with Crippen LogP contribution in [0.2, 0.25) is 0 Å². The molecule has 0 bridgehead atoms. The Kier molecular flexibility index (Phi) is 5.65. The van der Waals surface area contributed by atoms with Gasteiger partial charge in [0.25, 0.3) is 0 Å². The molecule has 0 amide bonds. The smallest absolute Gasteiger partial charge is 0.161 e. The summed E-state index contributed by atoms with van der Waals surface area (Å²) < 4.78 is 5.84. The third-order valence-corrected chi connectivity index (χ3v) is 4.02. The SMILES string of the molecule is COc1cc(Br)c(CNC[C@@H](O)c2ccc(O)cc2)cc1O. The second kappa shape index (κ2) is 7.49. The zero-order chi connectivity index (χ0) is 16.1. The quantitative estimate of drug-likeness (QED) is 0.630. The summed E-state index contributed by atoms with van der Waals surface area (Å²) in [6.07, 6.45) is -0.675. The second-order valence-corrected chi connectivity index (χ2v) is 5.71. The lowest BCUT2D eigenvalue weighted by molar-refractivity contribution is 0.174. The highest BCUT2D eigenvalue weighted by atomic mass is 79.9. The first-order chi connectivity index (χ1) is 10.5. The van der Waals surface area contributed by atoms with Gasteiger partial charge in [-0.15, -0.1) is 0 Å². The summed E-state index contributed by atoms with van der Waals surface area (Å²) in [6, 6.07) is 9.74.